The second-order valence-electron chi connectivity index (χ2n) is 8.20. The number of ether oxygens (including phenoxy) is 3. The molecule has 0 aliphatic carbocycles. The molecule has 33 heavy (non-hydrogen) atoms. The predicted octanol–water partition coefficient (Wildman–Crippen LogP) is 2.93. The number of para-hydroxylation sites is 1. The molecule has 2 amide bonds. The van der Waals surface area contributed by atoms with Gasteiger partial charge in [0.15, 0.2) is 6.10 Å². The van der Waals surface area contributed by atoms with Gasteiger partial charge in [0, 0.05) is 44.4 Å². The van der Waals surface area contributed by atoms with Crippen LogP contribution in [0.5, 0.6) is 11.5 Å². The third-order valence-corrected chi connectivity index (χ3v) is 5.76. The lowest BCUT2D eigenvalue weighted by molar-refractivity contribution is -0.125. The van der Waals surface area contributed by atoms with Crippen molar-refractivity contribution in [2.45, 2.75) is 25.9 Å². The molecule has 0 spiro atoms. The zero-order valence-corrected chi connectivity index (χ0v) is 19.0. The average Bonchev–Trinajstić information content (AvgIpc) is 2.83. The highest BCUT2D eigenvalue weighted by atomic mass is 16.5. The molecule has 0 saturated carbocycles. The van der Waals surface area contributed by atoms with Crippen molar-refractivity contribution in [1.29, 1.82) is 0 Å². The van der Waals surface area contributed by atoms with Gasteiger partial charge in [-0.3, -0.25) is 14.5 Å². The molecule has 4 rings (SSSR count). The second kappa shape index (κ2) is 11.2. The molecule has 0 aromatic heterocycles. The van der Waals surface area contributed by atoms with Crippen LogP contribution in [0.2, 0.25) is 0 Å². The van der Waals surface area contributed by atoms with Gasteiger partial charge in [-0.1, -0.05) is 18.2 Å². The van der Waals surface area contributed by atoms with Gasteiger partial charge < -0.3 is 24.4 Å². The van der Waals surface area contributed by atoms with Gasteiger partial charge in [0.1, 0.15) is 11.5 Å². The topological polar surface area (TPSA) is 80.3 Å². The summed E-state index contributed by atoms with van der Waals surface area (Å²) in [5.74, 6) is 1.27. The number of hydrogen-bond acceptors (Lipinski definition) is 6. The van der Waals surface area contributed by atoms with Crippen LogP contribution in [0.4, 0.5) is 11.4 Å². The molecule has 176 valence electrons. The van der Waals surface area contributed by atoms with Gasteiger partial charge in [-0.15, -0.1) is 0 Å². The first-order valence-electron chi connectivity index (χ1n) is 11.5. The van der Waals surface area contributed by atoms with Gasteiger partial charge in [-0.25, -0.2) is 0 Å². The molecule has 2 aliphatic heterocycles. The first-order chi connectivity index (χ1) is 16.1. The Bertz CT molecular complexity index is 946. The lowest BCUT2D eigenvalue weighted by Crippen LogP contribution is -2.48. The number of carbonyl (C=O) groups excluding carboxylic acids is 2. The van der Waals surface area contributed by atoms with E-state index in [4.69, 9.17) is 14.2 Å². The molecule has 0 radical (unpaired) electrons. The van der Waals surface area contributed by atoms with E-state index < -0.39 is 6.10 Å². The van der Waals surface area contributed by atoms with E-state index in [0.29, 0.717) is 37.4 Å². The first kappa shape index (κ1) is 23.1. The van der Waals surface area contributed by atoms with Crippen LogP contribution in [0.3, 0.4) is 0 Å². The Hall–Kier alpha value is -3.10. The molecule has 1 saturated heterocycles. The van der Waals surface area contributed by atoms with E-state index in [1.54, 1.807) is 17.9 Å². The summed E-state index contributed by atoms with van der Waals surface area (Å²) in [4.78, 5) is 29.2. The van der Waals surface area contributed by atoms with Crippen LogP contribution in [0.15, 0.2) is 48.5 Å². The molecule has 8 heteroatoms. The van der Waals surface area contributed by atoms with Gasteiger partial charge in [0.05, 0.1) is 25.5 Å². The lowest BCUT2D eigenvalue weighted by Gasteiger charge is -2.35. The fraction of sp³-hybridized carbons (Fsp3) is 0.440. The summed E-state index contributed by atoms with van der Waals surface area (Å²) in [7, 11) is 0. The maximum Gasteiger partial charge on any atom is 0.267 e. The molecular formula is C25H31N3O5. The SMILES string of the molecule is CC1Oc2cc(NC(=O)CCCOc3ccccc3)ccc2N(CCN2CCOCC2)C1=O. The Morgan fingerprint density at radius 1 is 1.12 bits per heavy atom. The van der Waals surface area contributed by atoms with Crippen LogP contribution in [-0.4, -0.2) is 68.8 Å². The van der Waals surface area contributed by atoms with E-state index >= 15 is 0 Å². The zero-order valence-electron chi connectivity index (χ0n) is 19.0. The van der Waals surface area contributed by atoms with E-state index in [1.165, 1.54) is 0 Å². The van der Waals surface area contributed by atoms with Crippen molar-refractivity contribution in [2.75, 3.05) is 56.2 Å². The molecule has 0 bridgehead atoms. The Balaban J connectivity index is 1.31. The summed E-state index contributed by atoms with van der Waals surface area (Å²) in [5.41, 5.74) is 1.39. The number of hydrogen-bond donors (Lipinski definition) is 1. The highest BCUT2D eigenvalue weighted by Gasteiger charge is 2.32. The number of fused-ring (bicyclic) bond motifs is 1. The molecule has 1 fully saturated rings. The minimum Gasteiger partial charge on any atom is -0.494 e. The molecule has 2 aromatic carbocycles. The van der Waals surface area contributed by atoms with E-state index in [-0.39, 0.29) is 11.8 Å². The van der Waals surface area contributed by atoms with Crippen LogP contribution in [0.25, 0.3) is 0 Å². The third kappa shape index (κ3) is 6.24. The Morgan fingerprint density at radius 3 is 2.70 bits per heavy atom. The summed E-state index contributed by atoms with van der Waals surface area (Å²) >= 11 is 0. The Kier molecular flexibility index (Phi) is 7.80. The van der Waals surface area contributed by atoms with Crippen molar-refractivity contribution in [3.63, 3.8) is 0 Å². The number of anilines is 2. The number of benzene rings is 2. The highest BCUT2D eigenvalue weighted by molar-refractivity contribution is 6.00. The van der Waals surface area contributed by atoms with E-state index in [2.05, 4.69) is 10.2 Å². The van der Waals surface area contributed by atoms with Crippen LogP contribution >= 0.6 is 0 Å². The zero-order chi connectivity index (χ0) is 23.0. The third-order valence-electron chi connectivity index (χ3n) is 5.76. The number of amides is 2. The Labute approximate surface area is 194 Å². The van der Waals surface area contributed by atoms with Gasteiger partial charge in [0.25, 0.3) is 5.91 Å². The van der Waals surface area contributed by atoms with Crippen molar-refractivity contribution >= 4 is 23.2 Å². The van der Waals surface area contributed by atoms with Gasteiger partial charge in [-0.05, 0) is 37.6 Å². The summed E-state index contributed by atoms with van der Waals surface area (Å²) in [5, 5.41) is 2.92. The molecule has 8 nitrogen and oxygen atoms in total. The van der Waals surface area contributed by atoms with E-state index in [9.17, 15) is 9.59 Å². The predicted molar refractivity (Wildman–Crippen MR) is 126 cm³/mol. The Morgan fingerprint density at radius 2 is 1.91 bits per heavy atom. The summed E-state index contributed by atoms with van der Waals surface area (Å²) in [6.07, 6.45) is 0.400. The molecular weight excluding hydrogens is 422 g/mol. The minimum atomic E-state index is -0.566. The standard InChI is InChI=1S/C25H31N3O5/c1-19-25(30)28(12-11-27-13-16-31-17-14-27)22-10-9-20(18-23(22)33-19)26-24(29)8-5-15-32-21-6-3-2-4-7-21/h2-4,6-7,9-10,18-19H,5,8,11-17H2,1H3,(H,26,29). The fourth-order valence-electron chi connectivity index (χ4n) is 3.95. The minimum absolute atomic E-state index is 0.0500. The maximum absolute atomic E-state index is 12.7. The van der Waals surface area contributed by atoms with Crippen molar-refractivity contribution in [3.8, 4) is 11.5 Å². The fourth-order valence-corrected chi connectivity index (χ4v) is 3.95. The van der Waals surface area contributed by atoms with Crippen molar-refractivity contribution in [1.82, 2.24) is 4.90 Å². The average molecular weight is 454 g/mol. The van der Waals surface area contributed by atoms with Gasteiger partial charge >= 0.3 is 0 Å². The van der Waals surface area contributed by atoms with Crippen molar-refractivity contribution < 1.29 is 23.8 Å². The number of nitrogens with zero attached hydrogens (tertiary/aromatic N) is 2. The van der Waals surface area contributed by atoms with Crippen LogP contribution in [0.1, 0.15) is 19.8 Å². The number of rotatable bonds is 9. The van der Waals surface area contributed by atoms with Crippen LogP contribution in [-0.2, 0) is 14.3 Å². The number of nitrogens with one attached hydrogen (secondary N) is 1. The molecule has 1 unspecified atom stereocenters. The molecule has 2 heterocycles. The van der Waals surface area contributed by atoms with Crippen molar-refractivity contribution in [2.24, 2.45) is 0 Å². The maximum atomic E-state index is 12.7. The quantitative estimate of drug-likeness (QED) is 0.588. The highest BCUT2D eigenvalue weighted by Crippen LogP contribution is 2.36. The monoisotopic (exact) mass is 453 g/mol. The van der Waals surface area contributed by atoms with Crippen molar-refractivity contribution in [3.05, 3.63) is 48.5 Å². The molecule has 1 atom stereocenters. The van der Waals surface area contributed by atoms with Crippen LogP contribution in [0, 0.1) is 0 Å². The summed E-state index contributed by atoms with van der Waals surface area (Å²) < 4.78 is 16.9. The normalized spacial score (nSPS) is 18.4. The van der Waals surface area contributed by atoms with E-state index in [0.717, 1.165) is 44.3 Å². The summed E-state index contributed by atoms with van der Waals surface area (Å²) in [6.45, 7) is 6.81. The molecule has 1 N–H and O–H groups in total. The molecule has 2 aliphatic rings. The second-order valence-corrected chi connectivity index (χ2v) is 8.20. The molecule has 2 aromatic rings. The lowest BCUT2D eigenvalue weighted by atomic mass is 10.1. The summed E-state index contributed by atoms with van der Waals surface area (Å²) in [6, 6.07) is 15.0. The van der Waals surface area contributed by atoms with E-state index in [1.807, 2.05) is 42.5 Å². The van der Waals surface area contributed by atoms with Gasteiger partial charge in [0.2, 0.25) is 5.91 Å². The first-order valence-corrected chi connectivity index (χ1v) is 11.5. The van der Waals surface area contributed by atoms with Crippen LogP contribution < -0.4 is 19.7 Å². The number of carbonyl (C=O) groups is 2. The largest absolute Gasteiger partial charge is 0.494 e. The number of morpholine rings is 1. The smallest absolute Gasteiger partial charge is 0.267 e. The van der Waals surface area contributed by atoms with Gasteiger partial charge in [-0.2, -0.15) is 0 Å².